The number of benzene rings is 5. The standard InChI is InChI=1S/C66H72N4O16/c1-41(2)58(71)79-35-31-67-62(75)83-54-21-15-13-19-50(54)52-39-48(27-29-56(52)85-64(77)69-33-37-81-60(73)43(5)6)66(9,47-25-23-46(24-26-47)45-17-11-10-12-18-45)49-28-30-57(86-65(78)70-34-38-82-61(74)44(7)8)53(40-49)51-20-14-16-22-55(51)84-63(76)68-32-36-80-59(72)42(3)4/h13-16,19-30,39-40,45H,1,3,5,7,10-12,17-18,31-38H2,2,4,6,8-9H3,(H,67,75)(H,68,76)(H,69,77)(H,70,78). The monoisotopic (exact) mass is 1180 g/mol. The van der Waals surface area contributed by atoms with E-state index in [0.717, 1.165) is 31.2 Å². The summed E-state index contributed by atoms with van der Waals surface area (Å²) in [5, 5.41) is 10.4. The summed E-state index contributed by atoms with van der Waals surface area (Å²) < 4.78 is 44.4. The number of ether oxygens (including phenoxy) is 8. The van der Waals surface area contributed by atoms with Crippen LogP contribution >= 0.6 is 0 Å². The highest BCUT2D eigenvalue weighted by molar-refractivity contribution is 5.89. The van der Waals surface area contributed by atoms with Crippen LogP contribution < -0.4 is 40.2 Å². The number of hydrogen-bond donors (Lipinski definition) is 4. The van der Waals surface area contributed by atoms with E-state index in [-0.39, 0.29) is 97.9 Å². The van der Waals surface area contributed by atoms with Crippen LogP contribution in [-0.2, 0) is 43.5 Å². The summed E-state index contributed by atoms with van der Waals surface area (Å²) in [6, 6.07) is 31.9. The molecule has 0 radical (unpaired) electrons. The summed E-state index contributed by atoms with van der Waals surface area (Å²) in [5.74, 6) is -1.97. The first kappa shape index (κ1) is 65.2. The lowest BCUT2D eigenvalue weighted by Gasteiger charge is -2.34. The molecule has 0 saturated heterocycles. The molecule has 6 rings (SSSR count). The fourth-order valence-electron chi connectivity index (χ4n) is 9.09. The zero-order valence-electron chi connectivity index (χ0n) is 49.0. The van der Waals surface area contributed by atoms with Gasteiger partial charge in [-0.2, -0.15) is 0 Å². The minimum absolute atomic E-state index is 0.0338. The third kappa shape index (κ3) is 18.5. The highest BCUT2D eigenvalue weighted by atomic mass is 16.6. The molecule has 5 aromatic carbocycles. The molecule has 0 heterocycles. The van der Waals surface area contributed by atoms with E-state index in [2.05, 4.69) is 71.8 Å². The number of esters is 4. The van der Waals surface area contributed by atoms with E-state index in [9.17, 15) is 38.4 Å². The molecule has 0 bridgehead atoms. The molecule has 86 heavy (non-hydrogen) atoms. The molecule has 20 heteroatoms. The van der Waals surface area contributed by atoms with Gasteiger partial charge in [0.1, 0.15) is 49.4 Å². The van der Waals surface area contributed by atoms with Crippen molar-refractivity contribution in [3.63, 3.8) is 0 Å². The summed E-state index contributed by atoms with van der Waals surface area (Å²) in [7, 11) is 0. The Balaban J connectivity index is 1.50. The highest BCUT2D eigenvalue weighted by Gasteiger charge is 2.35. The van der Waals surface area contributed by atoms with Crippen LogP contribution in [0, 0.1) is 0 Å². The van der Waals surface area contributed by atoms with E-state index in [4.69, 9.17) is 37.9 Å². The van der Waals surface area contributed by atoms with Crippen molar-refractivity contribution in [1.29, 1.82) is 0 Å². The average molecular weight is 1180 g/mol. The van der Waals surface area contributed by atoms with Crippen LogP contribution in [0.2, 0.25) is 0 Å². The summed E-state index contributed by atoms with van der Waals surface area (Å²) in [4.78, 5) is 102. The second-order valence-corrected chi connectivity index (χ2v) is 20.4. The number of hydrogen-bond acceptors (Lipinski definition) is 16. The van der Waals surface area contributed by atoms with E-state index < -0.39 is 53.7 Å². The molecule has 4 amide bonds. The van der Waals surface area contributed by atoms with Gasteiger partial charge in [0.2, 0.25) is 0 Å². The molecule has 0 aliphatic heterocycles. The summed E-state index contributed by atoms with van der Waals surface area (Å²) in [5.41, 5.74) is 4.01. The number of carbonyl (C=O) groups excluding carboxylic acids is 8. The van der Waals surface area contributed by atoms with Gasteiger partial charge < -0.3 is 59.2 Å². The van der Waals surface area contributed by atoms with Gasteiger partial charge in [-0.1, -0.05) is 118 Å². The zero-order valence-corrected chi connectivity index (χ0v) is 49.0. The average Bonchev–Trinajstić information content (AvgIpc) is 2.02. The minimum atomic E-state index is -1.17. The Bertz CT molecular complexity index is 3180. The SMILES string of the molecule is C=C(C)C(=O)OCCNC(=O)Oc1ccccc1-c1cc(C(C)(c2ccc(C3CCCCC3)cc2)c2ccc(OC(=O)NCCOC(=O)C(=C)C)c(-c3ccccc3OC(=O)NCCOC(=O)C(=C)C)c2)ccc1OC(=O)NCCOC(=O)C(=C)C. The predicted molar refractivity (Wildman–Crippen MR) is 321 cm³/mol. The predicted octanol–water partition coefficient (Wildman–Crippen LogP) is 11.3. The second-order valence-electron chi connectivity index (χ2n) is 20.4. The van der Waals surface area contributed by atoms with Crippen LogP contribution in [0.5, 0.6) is 23.0 Å². The third-order valence-electron chi connectivity index (χ3n) is 13.7. The van der Waals surface area contributed by atoms with Crippen LogP contribution in [-0.4, -0.2) is 101 Å². The van der Waals surface area contributed by atoms with Gasteiger partial charge in [0.15, 0.2) is 0 Å². The van der Waals surface area contributed by atoms with E-state index in [1.807, 2.05) is 6.92 Å². The summed E-state index contributed by atoms with van der Waals surface area (Å²) >= 11 is 0. The number of amides is 4. The number of rotatable bonds is 26. The molecule has 452 valence electrons. The third-order valence-corrected chi connectivity index (χ3v) is 13.7. The molecule has 0 spiro atoms. The van der Waals surface area contributed by atoms with Crippen molar-refractivity contribution < 1.29 is 76.3 Å². The summed E-state index contributed by atoms with van der Waals surface area (Å²) in [6.07, 6.45) is 1.96. The fourth-order valence-corrected chi connectivity index (χ4v) is 9.09. The minimum Gasteiger partial charge on any atom is -0.460 e. The molecule has 0 aromatic heterocycles. The van der Waals surface area contributed by atoms with Gasteiger partial charge in [0.05, 0.1) is 26.2 Å². The number of carbonyl (C=O) groups is 8. The molecular formula is C66H72N4O16. The maximum Gasteiger partial charge on any atom is 0.412 e. The van der Waals surface area contributed by atoms with Crippen LogP contribution in [0.3, 0.4) is 0 Å². The van der Waals surface area contributed by atoms with Crippen molar-refractivity contribution in [1.82, 2.24) is 21.3 Å². The highest BCUT2D eigenvalue weighted by Crippen LogP contribution is 2.48. The van der Waals surface area contributed by atoms with Crippen LogP contribution in [0.25, 0.3) is 22.3 Å². The molecule has 1 fully saturated rings. The molecular weight excluding hydrogens is 1100 g/mol. The van der Waals surface area contributed by atoms with Crippen LogP contribution in [0.1, 0.15) is 94.9 Å². The molecule has 0 unspecified atom stereocenters. The van der Waals surface area contributed by atoms with Crippen molar-refractivity contribution in [3.8, 4) is 45.3 Å². The second kappa shape index (κ2) is 31.6. The van der Waals surface area contributed by atoms with Gasteiger partial charge in [-0.15, -0.1) is 0 Å². The molecule has 0 atom stereocenters. The lowest BCUT2D eigenvalue weighted by atomic mass is 9.69. The zero-order chi connectivity index (χ0) is 62.3. The van der Waals surface area contributed by atoms with Gasteiger partial charge in [-0.05, 0) is 112 Å². The maximum atomic E-state index is 13.6. The first-order valence-electron chi connectivity index (χ1n) is 27.9. The first-order valence-corrected chi connectivity index (χ1v) is 27.9. The Kier molecular flexibility index (Phi) is 24.0. The Morgan fingerprint density at radius 1 is 0.407 bits per heavy atom. The van der Waals surface area contributed by atoms with Crippen LogP contribution in [0.4, 0.5) is 19.2 Å². The lowest BCUT2D eigenvalue weighted by molar-refractivity contribution is -0.139. The molecule has 1 aliphatic carbocycles. The van der Waals surface area contributed by atoms with Crippen molar-refractivity contribution in [3.05, 3.63) is 180 Å². The van der Waals surface area contributed by atoms with Gasteiger partial charge >= 0.3 is 48.3 Å². The Hall–Kier alpha value is -9.98. The van der Waals surface area contributed by atoms with E-state index in [1.54, 1.807) is 84.9 Å². The summed E-state index contributed by atoms with van der Waals surface area (Å²) in [6.45, 7) is 21.2. The van der Waals surface area contributed by atoms with Crippen molar-refractivity contribution in [2.75, 3.05) is 52.6 Å². The smallest absolute Gasteiger partial charge is 0.412 e. The Morgan fingerprint density at radius 2 is 0.709 bits per heavy atom. The molecule has 4 N–H and O–H groups in total. The normalized spacial score (nSPS) is 12.0. The van der Waals surface area contributed by atoms with E-state index in [0.29, 0.717) is 39.3 Å². The van der Waals surface area contributed by atoms with Gasteiger partial charge in [0, 0.05) is 50.0 Å². The first-order chi connectivity index (χ1) is 41.2. The molecule has 20 nitrogen and oxygen atoms in total. The quantitative estimate of drug-likeness (QED) is 0.0132. The van der Waals surface area contributed by atoms with Crippen molar-refractivity contribution in [2.45, 2.75) is 78.1 Å². The molecule has 5 aromatic rings. The number of para-hydroxylation sites is 2. The van der Waals surface area contributed by atoms with Gasteiger partial charge in [0.25, 0.3) is 0 Å². The van der Waals surface area contributed by atoms with Crippen molar-refractivity contribution in [2.24, 2.45) is 0 Å². The Morgan fingerprint density at radius 3 is 1.03 bits per heavy atom. The van der Waals surface area contributed by atoms with Crippen molar-refractivity contribution >= 4 is 48.3 Å². The molecule has 1 aliphatic rings. The van der Waals surface area contributed by atoms with Gasteiger partial charge in [-0.3, -0.25) is 0 Å². The maximum absolute atomic E-state index is 13.6. The number of nitrogens with one attached hydrogen (secondary N) is 4. The lowest BCUT2D eigenvalue weighted by Crippen LogP contribution is -2.31. The molecule has 1 saturated carbocycles. The Labute approximate surface area is 499 Å². The van der Waals surface area contributed by atoms with Gasteiger partial charge in [-0.25, -0.2) is 38.4 Å². The van der Waals surface area contributed by atoms with E-state index in [1.165, 1.54) is 39.7 Å². The largest absolute Gasteiger partial charge is 0.460 e. The fraction of sp³-hybridized carbons (Fsp3) is 0.303. The topological polar surface area (TPSA) is 259 Å². The van der Waals surface area contributed by atoms with Crippen LogP contribution in [0.15, 0.2) is 158 Å². The van der Waals surface area contributed by atoms with E-state index >= 15 is 0 Å².